The fourth-order valence-corrected chi connectivity index (χ4v) is 2.89. The lowest BCUT2D eigenvalue weighted by atomic mass is 9.94. The highest BCUT2D eigenvalue weighted by atomic mass is 35.5. The minimum atomic E-state index is -3.52. The van der Waals surface area contributed by atoms with Crippen LogP contribution in [0.1, 0.15) is 17.2 Å². The van der Waals surface area contributed by atoms with E-state index < -0.39 is 24.0 Å². The predicted molar refractivity (Wildman–Crippen MR) is 88.0 cm³/mol. The van der Waals surface area contributed by atoms with Gasteiger partial charge in [0.2, 0.25) is 0 Å². The van der Waals surface area contributed by atoms with Gasteiger partial charge in [-0.25, -0.2) is 4.79 Å². The number of ether oxygens (including phenoxy) is 1. The number of hydrogen-bond donors (Lipinski definition) is 1. The summed E-state index contributed by atoms with van der Waals surface area (Å²) in [5, 5.41) is -0.767. The van der Waals surface area contributed by atoms with Crippen molar-refractivity contribution < 1.29 is 18.3 Å². The standard InChI is InChI=1S/C17H15ClF2N2O2/c1-24-12-7-8-14-13(9-12)15(11-5-3-2-4-6-11)21-16(23)22(14)10-17(18,19)20/h2-9,15H,10H2,1H3,(H,21,23). The van der Waals surface area contributed by atoms with E-state index in [0.29, 0.717) is 17.0 Å². The number of fused-ring (bicyclic) bond motifs is 1. The van der Waals surface area contributed by atoms with Crippen LogP contribution in [0, 0.1) is 0 Å². The highest BCUT2D eigenvalue weighted by Gasteiger charge is 2.38. The second-order valence-electron chi connectivity index (χ2n) is 5.42. The van der Waals surface area contributed by atoms with E-state index >= 15 is 0 Å². The van der Waals surface area contributed by atoms with Gasteiger partial charge < -0.3 is 10.1 Å². The van der Waals surface area contributed by atoms with E-state index in [1.807, 2.05) is 30.3 Å². The first-order valence-electron chi connectivity index (χ1n) is 7.27. The molecule has 2 amide bonds. The summed E-state index contributed by atoms with van der Waals surface area (Å²) in [6.45, 7) is -0.915. The van der Waals surface area contributed by atoms with Gasteiger partial charge in [-0.3, -0.25) is 4.90 Å². The third-order valence-electron chi connectivity index (χ3n) is 3.82. The maximum atomic E-state index is 13.3. The Morgan fingerprint density at radius 1 is 1.25 bits per heavy atom. The second-order valence-corrected chi connectivity index (χ2v) is 5.97. The molecule has 2 aromatic rings. The van der Waals surface area contributed by atoms with Crippen LogP contribution in [0.15, 0.2) is 48.5 Å². The molecule has 126 valence electrons. The predicted octanol–water partition coefficient (Wildman–Crippen LogP) is 4.15. The average Bonchev–Trinajstić information content (AvgIpc) is 2.56. The van der Waals surface area contributed by atoms with Crippen LogP contribution < -0.4 is 15.0 Å². The van der Waals surface area contributed by atoms with Gasteiger partial charge in [-0.05, 0) is 35.4 Å². The number of alkyl halides is 3. The Labute approximate surface area is 143 Å². The molecule has 3 rings (SSSR count). The van der Waals surface area contributed by atoms with Crippen LogP contribution in [0.4, 0.5) is 19.3 Å². The first kappa shape index (κ1) is 16.5. The highest BCUT2D eigenvalue weighted by Crippen LogP contribution is 2.38. The normalized spacial score (nSPS) is 17.2. The number of benzene rings is 2. The van der Waals surface area contributed by atoms with E-state index in [-0.39, 0.29) is 0 Å². The molecular weight excluding hydrogens is 338 g/mol. The van der Waals surface area contributed by atoms with Crippen molar-refractivity contribution in [2.45, 2.75) is 11.4 Å². The molecule has 1 heterocycles. The van der Waals surface area contributed by atoms with Crippen molar-refractivity contribution in [1.82, 2.24) is 5.32 Å². The Balaban J connectivity index is 2.10. The molecule has 1 aliphatic heterocycles. The van der Waals surface area contributed by atoms with Crippen molar-refractivity contribution in [1.29, 1.82) is 0 Å². The molecule has 1 N–H and O–H groups in total. The summed E-state index contributed by atoms with van der Waals surface area (Å²) in [5.74, 6) is 0.573. The van der Waals surface area contributed by atoms with Crippen LogP contribution in [0.3, 0.4) is 0 Å². The Morgan fingerprint density at radius 2 is 1.96 bits per heavy atom. The second kappa shape index (κ2) is 6.28. The van der Waals surface area contributed by atoms with Gasteiger partial charge in [0.1, 0.15) is 12.3 Å². The van der Waals surface area contributed by atoms with Crippen LogP contribution >= 0.6 is 11.6 Å². The van der Waals surface area contributed by atoms with Gasteiger partial charge in [-0.2, -0.15) is 8.78 Å². The van der Waals surface area contributed by atoms with Gasteiger partial charge in [0.05, 0.1) is 18.8 Å². The average molecular weight is 353 g/mol. The van der Waals surface area contributed by atoms with E-state index in [0.717, 1.165) is 10.5 Å². The van der Waals surface area contributed by atoms with E-state index in [1.54, 1.807) is 18.2 Å². The number of rotatable bonds is 4. The number of nitrogens with zero attached hydrogens (tertiary/aromatic N) is 1. The summed E-state index contributed by atoms with van der Waals surface area (Å²) in [5.41, 5.74) is 1.90. The summed E-state index contributed by atoms with van der Waals surface area (Å²) in [6, 6.07) is 13.1. The molecule has 0 fully saturated rings. The number of hydrogen-bond acceptors (Lipinski definition) is 2. The van der Waals surface area contributed by atoms with Gasteiger partial charge in [0.25, 0.3) is 0 Å². The Morgan fingerprint density at radius 3 is 2.58 bits per heavy atom. The lowest BCUT2D eigenvalue weighted by molar-refractivity contribution is 0.104. The van der Waals surface area contributed by atoms with Crippen LogP contribution in [0.25, 0.3) is 0 Å². The van der Waals surface area contributed by atoms with Crippen LogP contribution in [-0.2, 0) is 0 Å². The van der Waals surface area contributed by atoms with Crippen molar-refractivity contribution in [2.24, 2.45) is 0 Å². The van der Waals surface area contributed by atoms with E-state index in [1.165, 1.54) is 7.11 Å². The van der Waals surface area contributed by atoms with Crippen molar-refractivity contribution in [3.8, 4) is 5.75 Å². The number of nitrogens with one attached hydrogen (secondary N) is 1. The first-order chi connectivity index (χ1) is 11.4. The zero-order chi connectivity index (χ0) is 17.3. The maximum Gasteiger partial charge on any atom is 0.339 e. The third-order valence-corrected chi connectivity index (χ3v) is 3.94. The molecule has 2 aromatic carbocycles. The molecule has 4 nitrogen and oxygen atoms in total. The first-order valence-corrected chi connectivity index (χ1v) is 7.64. The lowest BCUT2D eigenvalue weighted by Gasteiger charge is -2.36. The topological polar surface area (TPSA) is 41.6 Å². The quantitative estimate of drug-likeness (QED) is 0.840. The molecule has 0 aliphatic carbocycles. The largest absolute Gasteiger partial charge is 0.497 e. The summed E-state index contributed by atoms with van der Waals surface area (Å²) in [6.07, 6.45) is 0. The van der Waals surface area contributed by atoms with Gasteiger partial charge in [-0.15, -0.1) is 0 Å². The molecular formula is C17H15ClF2N2O2. The lowest BCUT2D eigenvalue weighted by Crippen LogP contribution is -2.50. The van der Waals surface area contributed by atoms with Crippen LogP contribution in [0.2, 0.25) is 0 Å². The Kier molecular flexibility index (Phi) is 4.32. The number of anilines is 1. The number of amides is 2. The molecule has 0 aromatic heterocycles. The number of carbonyl (C=O) groups is 1. The summed E-state index contributed by atoms with van der Waals surface area (Å²) in [7, 11) is 1.52. The van der Waals surface area contributed by atoms with Gasteiger partial charge in [-0.1, -0.05) is 30.3 Å². The molecule has 0 saturated carbocycles. The summed E-state index contributed by atoms with van der Waals surface area (Å²) in [4.78, 5) is 13.3. The zero-order valence-corrected chi connectivity index (χ0v) is 13.6. The molecule has 1 aliphatic rings. The van der Waals surface area contributed by atoms with Crippen LogP contribution in [0.5, 0.6) is 5.75 Å². The highest BCUT2D eigenvalue weighted by molar-refractivity contribution is 6.22. The fourth-order valence-electron chi connectivity index (χ4n) is 2.77. The molecule has 1 atom stereocenters. The molecule has 0 spiro atoms. The van der Waals surface area contributed by atoms with Crippen molar-refractivity contribution in [3.63, 3.8) is 0 Å². The van der Waals surface area contributed by atoms with Gasteiger partial charge in [0, 0.05) is 5.56 Å². The van der Waals surface area contributed by atoms with E-state index in [2.05, 4.69) is 5.32 Å². The third kappa shape index (κ3) is 3.28. The van der Waals surface area contributed by atoms with Crippen molar-refractivity contribution in [3.05, 3.63) is 59.7 Å². The monoisotopic (exact) mass is 352 g/mol. The number of urea groups is 1. The summed E-state index contributed by atoms with van der Waals surface area (Å²) < 4.78 is 31.7. The van der Waals surface area contributed by atoms with E-state index in [4.69, 9.17) is 16.3 Å². The molecule has 24 heavy (non-hydrogen) atoms. The Bertz CT molecular complexity index is 750. The van der Waals surface area contributed by atoms with Gasteiger partial charge >= 0.3 is 11.4 Å². The van der Waals surface area contributed by atoms with Crippen LogP contribution in [-0.4, -0.2) is 25.1 Å². The van der Waals surface area contributed by atoms with Crippen molar-refractivity contribution in [2.75, 3.05) is 18.6 Å². The molecule has 7 heteroatoms. The zero-order valence-electron chi connectivity index (χ0n) is 12.8. The number of carbonyl (C=O) groups excluding carboxylic acids is 1. The Hall–Kier alpha value is -2.34. The minimum absolute atomic E-state index is 0.383. The van der Waals surface area contributed by atoms with Crippen molar-refractivity contribution >= 4 is 23.3 Å². The summed E-state index contributed by atoms with van der Waals surface area (Å²) >= 11 is 5.03. The molecule has 0 bridgehead atoms. The minimum Gasteiger partial charge on any atom is -0.497 e. The van der Waals surface area contributed by atoms with E-state index in [9.17, 15) is 13.6 Å². The molecule has 0 radical (unpaired) electrons. The number of halogens is 3. The fraction of sp³-hybridized carbons (Fsp3) is 0.235. The van der Waals surface area contributed by atoms with Gasteiger partial charge in [0.15, 0.2) is 0 Å². The SMILES string of the molecule is COc1ccc2c(c1)C(c1ccccc1)NC(=O)N2CC(F)(F)Cl. The molecule has 1 unspecified atom stereocenters. The molecule has 0 saturated heterocycles. The maximum absolute atomic E-state index is 13.3. The smallest absolute Gasteiger partial charge is 0.339 e. The number of methoxy groups -OCH3 is 1.